The van der Waals surface area contributed by atoms with Crippen LogP contribution in [0.15, 0.2) is 12.1 Å². The van der Waals surface area contributed by atoms with Crippen molar-refractivity contribution >= 4 is 5.78 Å². The molecule has 1 rings (SSSR count). The number of halogens is 3. The van der Waals surface area contributed by atoms with E-state index in [-0.39, 0.29) is 0 Å². The Bertz CT molecular complexity index is 333. The van der Waals surface area contributed by atoms with Gasteiger partial charge in [0.1, 0.15) is 5.82 Å². The van der Waals surface area contributed by atoms with Gasteiger partial charge in [-0.25, -0.2) is 13.2 Å². The van der Waals surface area contributed by atoms with Gasteiger partial charge >= 0.3 is 0 Å². The van der Waals surface area contributed by atoms with Gasteiger partial charge in [-0.2, -0.15) is 0 Å². The van der Waals surface area contributed by atoms with E-state index in [2.05, 4.69) is 0 Å². The maximum atomic E-state index is 12.7. The van der Waals surface area contributed by atoms with Crippen LogP contribution >= 0.6 is 0 Å². The SMILES string of the molecule is CC(=O)c1cc(F)c(F)cc1F. The molecule has 0 radical (unpaired) electrons. The first-order valence-electron chi connectivity index (χ1n) is 3.18. The van der Waals surface area contributed by atoms with Crippen molar-refractivity contribution in [1.29, 1.82) is 0 Å². The standard InChI is InChI=1S/C8H5F3O/c1-4(12)5-2-7(10)8(11)3-6(5)9/h2-3H,1H3. The summed E-state index contributed by atoms with van der Waals surface area (Å²) in [6, 6.07) is 0.902. The summed E-state index contributed by atoms with van der Waals surface area (Å²) in [6.07, 6.45) is 0. The zero-order valence-corrected chi connectivity index (χ0v) is 6.20. The van der Waals surface area contributed by atoms with E-state index in [0.717, 1.165) is 6.92 Å². The van der Waals surface area contributed by atoms with E-state index in [1.165, 1.54) is 0 Å². The zero-order chi connectivity index (χ0) is 9.30. The lowest BCUT2D eigenvalue weighted by Crippen LogP contribution is -1.99. The van der Waals surface area contributed by atoms with Gasteiger partial charge in [-0.05, 0) is 13.0 Å². The molecule has 1 aromatic rings. The molecule has 0 aliphatic heterocycles. The number of carbonyl (C=O) groups is 1. The number of hydrogen-bond acceptors (Lipinski definition) is 1. The lowest BCUT2D eigenvalue weighted by atomic mass is 10.1. The molecule has 12 heavy (non-hydrogen) atoms. The Morgan fingerprint density at radius 1 is 1.08 bits per heavy atom. The smallest absolute Gasteiger partial charge is 0.162 e. The monoisotopic (exact) mass is 174 g/mol. The molecule has 64 valence electrons. The van der Waals surface area contributed by atoms with Crippen LogP contribution in [0.2, 0.25) is 0 Å². The largest absolute Gasteiger partial charge is 0.294 e. The molecule has 0 fully saturated rings. The fraction of sp³-hybridized carbons (Fsp3) is 0.125. The van der Waals surface area contributed by atoms with Crippen LogP contribution in [0.3, 0.4) is 0 Å². The normalized spacial score (nSPS) is 10.0. The van der Waals surface area contributed by atoms with Crippen LogP contribution in [-0.4, -0.2) is 5.78 Å². The van der Waals surface area contributed by atoms with Crippen LogP contribution < -0.4 is 0 Å². The third kappa shape index (κ3) is 1.47. The molecule has 0 heterocycles. The molecule has 0 aliphatic rings. The van der Waals surface area contributed by atoms with Crippen molar-refractivity contribution in [2.45, 2.75) is 6.92 Å². The quantitative estimate of drug-likeness (QED) is 0.471. The summed E-state index contributed by atoms with van der Waals surface area (Å²) in [5.74, 6) is -4.19. The summed E-state index contributed by atoms with van der Waals surface area (Å²) in [7, 11) is 0. The maximum Gasteiger partial charge on any atom is 0.162 e. The minimum Gasteiger partial charge on any atom is -0.294 e. The number of Topliss-reactive ketones (excluding diaryl/α,β-unsaturated/α-hetero) is 1. The molecule has 1 nitrogen and oxygen atoms in total. The first-order chi connectivity index (χ1) is 5.52. The van der Waals surface area contributed by atoms with Crippen molar-refractivity contribution < 1.29 is 18.0 Å². The Balaban J connectivity index is 3.33. The minimum absolute atomic E-state index is 0.353. The van der Waals surface area contributed by atoms with E-state index in [1.807, 2.05) is 0 Å². The topological polar surface area (TPSA) is 17.1 Å². The predicted octanol–water partition coefficient (Wildman–Crippen LogP) is 2.31. The molecule has 0 bridgehead atoms. The molecule has 1 aromatic carbocycles. The minimum atomic E-state index is -1.29. The van der Waals surface area contributed by atoms with Gasteiger partial charge in [-0.15, -0.1) is 0 Å². The van der Waals surface area contributed by atoms with Crippen molar-refractivity contribution in [3.05, 3.63) is 35.1 Å². The predicted molar refractivity (Wildman–Crippen MR) is 36.3 cm³/mol. The van der Waals surface area contributed by atoms with Crippen molar-refractivity contribution in [2.75, 3.05) is 0 Å². The third-order valence-electron chi connectivity index (χ3n) is 1.39. The first kappa shape index (κ1) is 8.77. The Kier molecular flexibility index (Phi) is 2.17. The highest BCUT2D eigenvalue weighted by Gasteiger charge is 2.12. The molecular weight excluding hydrogens is 169 g/mol. The van der Waals surface area contributed by atoms with E-state index in [1.54, 1.807) is 0 Å². The highest BCUT2D eigenvalue weighted by molar-refractivity contribution is 5.94. The number of benzene rings is 1. The van der Waals surface area contributed by atoms with Crippen molar-refractivity contribution in [3.8, 4) is 0 Å². The summed E-state index contributed by atoms with van der Waals surface area (Å²) in [6.45, 7) is 1.08. The van der Waals surface area contributed by atoms with E-state index in [0.29, 0.717) is 12.1 Å². The summed E-state index contributed by atoms with van der Waals surface area (Å²) < 4.78 is 37.4. The highest BCUT2D eigenvalue weighted by atomic mass is 19.2. The van der Waals surface area contributed by atoms with Gasteiger partial charge in [0.25, 0.3) is 0 Å². The molecule has 0 N–H and O–H groups in total. The van der Waals surface area contributed by atoms with Gasteiger partial charge < -0.3 is 0 Å². The van der Waals surface area contributed by atoms with Gasteiger partial charge in [0.15, 0.2) is 17.4 Å². The van der Waals surface area contributed by atoms with E-state index in [9.17, 15) is 18.0 Å². The fourth-order valence-corrected chi connectivity index (χ4v) is 0.792. The van der Waals surface area contributed by atoms with Crippen molar-refractivity contribution in [2.24, 2.45) is 0 Å². The van der Waals surface area contributed by atoms with Gasteiger partial charge in [0.2, 0.25) is 0 Å². The lowest BCUT2D eigenvalue weighted by molar-refractivity contribution is 0.101. The first-order valence-corrected chi connectivity index (χ1v) is 3.18. The molecule has 0 aromatic heterocycles. The summed E-state index contributed by atoms with van der Waals surface area (Å²) >= 11 is 0. The van der Waals surface area contributed by atoms with Crippen LogP contribution in [0.25, 0.3) is 0 Å². The second-order valence-corrected chi connectivity index (χ2v) is 2.30. The summed E-state index contributed by atoms with van der Waals surface area (Å²) in [5, 5.41) is 0. The van der Waals surface area contributed by atoms with Gasteiger partial charge in [-0.1, -0.05) is 0 Å². The van der Waals surface area contributed by atoms with Gasteiger partial charge in [0.05, 0.1) is 5.56 Å². The number of ketones is 1. The zero-order valence-electron chi connectivity index (χ0n) is 6.20. The third-order valence-corrected chi connectivity index (χ3v) is 1.39. The van der Waals surface area contributed by atoms with Crippen molar-refractivity contribution in [1.82, 2.24) is 0 Å². The molecule has 0 spiro atoms. The molecule has 0 saturated heterocycles. The number of rotatable bonds is 1. The number of carbonyl (C=O) groups excluding carboxylic acids is 1. The van der Waals surface area contributed by atoms with Crippen LogP contribution in [0.5, 0.6) is 0 Å². The second kappa shape index (κ2) is 2.97. The lowest BCUT2D eigenvalue weighted by Gasteiger charge is -1.98. The molecule has 0 aliphatic carbocycles. The second-order valence-electron chi connectivity index (χ2n) is 2.30. The fourth-order valence-electron chi connectivity index (χ4n) is 0.792. The Morgan fingerprint density at radius 2 is 1.58 bits per heavy atom. The Labute approximate surface area is 66.8 Å². The van der Waals surface area contributed by atoms with Gasteiger partial charge in [0, 0.05) is 6.07 Å². The number of hydrogen-bond donors (Lipinski definition) is 0. The van der Waals surface area contributed by atoms with E-state index in [4.69, 9.17) is 0 Å². The van der Waals surface area contributed by atoms with E-state index < -0.39 is 28.8 Å². The molecule has 0 amide bonds. The van der Waals surface area contributed by atoms with E-state index >= 15 is 0 Å². The van der Waals surface area contributed by atoms with Crippen LogP contribution in [-0.2, 0) is 0 Å². The molecule has 0 unspecified atom stereocenters. The summed E-state index contributed by atoms with van der Waals surface area (Å²) in [4.78, 5) is 10.6. The molecule has 0 atom stereocenters. The van der Waals surface area contributed by atoms with Crippen molar-refractivity contribution in [3.63, 3.8) is 0 Å². The Hall–Kier alpha value is -1.32. The van der Waals surface area contributed by atoms with Crippen LogP contribution in [0, 0.1) is 17.5 Å². The van der Waals surface area contributed by atoms with Crippen LogP contribution in [0.1, 0.15) is 17.3 Å². The average molecular weight is 174 g/mol. The average Bonchev–Trinajstić information content (AvgIpc) is 1.96. The molecule has 0 saturated carbocycles. The molecule has 4 heteroatoms. The summed E-state index contributed by atoms with van der Waals surface area (Å²) in [5.41, 5.74) is -0.436. The van der Waals surface area contributed by atoms with Crippen LogP contribution in [0.4, 0.5) is 13.2 Å². The molecular formula is C8H5F3O. The highest BCUT2D eigenvalue weighted by Crippen LogP contribution is 2.13. The van der Waals surface area contributed by atoms with Gasteiger partial charge in [-0.3, -0.25) is 4.79 Å². The maximum absolute atomic E-state index is 12.7. The Morgan fingerprint density at radius 3 is 2.08 bits per heavy atom.